The van der Waals surface area contributed by atoms with E-state index in [1.807, 2.05) is 26.0 Å². The Hall–Kier alpha value is -2.07. The van der Waals surface area contributed by atoms with Gasteiger partial charge in [-0.2, -0.15) is 0 Å². The molecule has 0 aliphatic heterocycles. The standard InChI is InChI=1S/C15H17NO3/c1-10-5-6-12(11(2)8-10)15(18)16-9-13(17)14-4-3-7-19-14/h3-8,13,17H,9H2,1-2H3,(H,16,18). The Morgan fingerprint density at radius 1 is 1.37 bits per heavy atom. The van der Waals surface area contributed by atoms with Gasteiger partial charge in [-0.1, -0.05) is 17.7 Å². The monoisotopic (exact) mass is 259 g/mol. The van der Waals surface area contributed by atoms with E-state index in [4.69, 9.17) is 4.42 Å². The fraction of sp³-hybridized carbons (Fsp3) is 0.267. The molecule has 1 heterocycles. The maximum Gasteiger partial charge on any atom is 0.251 e. The summed E-state index contributed by atoms with van der Waals surface area (Å²) in [7, 11) is 0. The molecule has 1 aromatic heterocycles. The van der Waals surface area contributed by atoms with Gasteiger partial charge in [-0.05, 0) is 37.6 Å². The first-order valence-corrected chi connectivity index (χ1v) is 6.15. The van der Waals surface area contributed by atoms with Crippen molar-refractivity contribution in [2.45, 2.75) is 20.0 Å². The van der Waals surface area contributed by atoms with Gasteiger partial charge in [0, 0.05) is 5.56 Å². The van der Waals surface area contributed by atoms with Crippen LogP contribution in [0.2, 0.25) is 0 Å². The molecule has 2 N–H and O–H groups in total. The summed E-state index contributed by atoms with van der Waals surface area (Å²) in [5.41, 5.74) is 2.66. The lowest BCUT2D eigenvalue weighted by Gasteiger charge is -2.11. The van der Waals surface area contributed by atoms with Crippen molar-refractivity contribution < 1.29 is 14.3 Å². The summed E-state index contributed by atoms with van der Waals surface area (Å²) >= 11 is 0. The lowest BCUT2D eigenvalue weighted by atomic mass is 10.1. The van der Waals surface area contributed by atoms with Gasteiger partial charge in [0.25, 0.3) is 5.91 Å². The highest BCUT2D eigenvalue weighted by atomic mass is 16.4. The van der Waals surface area contributed by atoms with Crippen LogP contribution < -0.4 is 5.32 Å². The lowest BCUT2D eigenvalue weighted by Crippen LogP contribution is -2.28. The Morgan fingerprint density at radius 2 is 2.16 bits per heavy atom. The summed E-state index contributed by atoms with van der Waals surface area (Å²) in [6.45, 7) is 4.00. The highest BCUT2D eigenvalue weighted by Crippen LogP contribution is 2.13. The Balaban J connectivity index is 1.98. The summed E-state index contributed by atoms with van der Waals surface area (Å²) in [5, 5.41) is 12.5. The summed E-state index contributed by atoms with van der Waals surface area (Å²) in [5.74, 6) is 0.254. The van der Waals surface area contributed by atoms with E-state index in [-0.39, 0.29) is 12.5 Å². The molecule has 2 rings (SSSR count). The molecule has 1 atom stereocenters. The zero-order chi connectivity index (χ0) is 13.8. The zero-order valence-electron chi connectivity index (χ0n) is 11.0. The molecule has 1 amide bonds. The summed E-state index contributed by atoms with van der Waals surface area (Å²) < 4.78 is 5.07. The fourth-order valence-corrected chi connectivity index (χ4v) is 1.93. The van der Waals surface area contributed by atoms with Crippen molar-refractivity contribution in [2.75, 3.05) is 6.54 Å². The molecule has 0 saturated carbocycles. The van der Waals surface area contributed by atoms with Gasteiger partial charge in [0.2, 0.25) is 0 Å². The first-order valence-electron chi connectivity index (χ1n) is 6.15. The molecule has 0 aliphatic carbocycles. The largest absolute Gasteiger partial charge is 0.467 e. The molecule has 0 bridgehead atoms. The molecule has 1 unspecified atom stereocenters. The van der Waals surface area contributed by atoms with Gasteiger partial charge in [-0.15, -0.1) is 0 Å². The lowest BCUT2D eigenvalue weighted by molar-refractivity contribution is 0.0900. The van der Waals surface area contributed by atoms with Crippen LogP contribution in [-0.2, 0) is 0 Å². The van der Waals surface area contributed by atoms with Gasteiger partial charge in [-0.25, -0.2) is 0 Å². The predicted molar refractivity (Wildman–Crippen MR) is 71.9 cm³/mol. The number of nitrogens with one attached hydrogen (secondary N) is 1. The number of aryl methyl sites for hydroxylation is 2. The van der Waals surface area contributed by atoms with E-state index in [1.54, 1.807) is 18.2 Å². The molecule has 0 radical (unpaired) electrons. The van der Waals surface area contributed by atoms with Crippen molar-refractivity contribution in [1.82, 2.24) is 5.32 Å². The first kappa shape index (κ1) is 13.4. The highest BCUT2D eigenvalue weighted by molar-refractivity contribution is 5.95. The molecule has 0 spiro atoms. The average molecular weight is 259 g/mol. The second-order valence-electron chi connectivity index (χ2n) is 4.56. The Morgan fingerprint density at radius 3 is 2.79 bits per heavy atom. The van der Waals surface area contributed by atoms with Crippen molar-refractivity contribution in [3.63, 3.8) is 0 Å². The Labute approximate surface area is 112 Å². The maximum absolute atomic E-state index is 12.0. The number of carbonyl (C=O) groups is 1. The van der Waals surface area contributed by atoms with Crippen molar-refractivity contribution in [1.29, 1.82) is 0 Å². The van der Waals surface area contributed by atoms with Gasteiger partial charge in [-0.3, -0.25) is 4.79 Å². The van der Waals surface area contributed by atoms with Crippen LogP contribution in [0.4, 0.5) is 0 Å². The molecule has 1 aromatic carbocycles. The van der Waals surface area contributed by atoms with Crippen molar-refractivity contribution in [3.8, 4) is 0 Å². The number of aliphatic hydroxyl groups excluding tert-OH is 1. The summed E-state index contributed by atoms with van der Waals surface area (Å²) in [4.78, 5) is 12.0. The predicted octanol–water partition coefficient (Wildman–Crippen LogP) is 2.36. The molecule has 0 fully saturated rings. The number of furan rings is 1. The van der Waals surface area contributed by atoms with E-state index < -0.39 is 6.10 Å². The maximum atomic E-state index is 12.0. The number of hydrogen-bond donors (Lipinski definition) is 2. The third kappa shape index (κ3) is 3.23. The Bertz CT molecular complexity index is 561. The van der Waals surface area contributed by atoms with Crippen LogP contribution in [0, 0.1) is 13.8 Å². The van der Waals surface area contributed by atoms with E-state index in [0.29, 0.717) is 11.3 Å². The topological polar surface area (TPSA) is 62.5 Å². The molecule has 0 saturated heterocycles. The first-order chi connectivity index (χ1) is 9.08. The number of aliphatic hydroxyl groups is 1. The van der Waals surface area contributed by atoms with Crippen molar-refractivity contribution in [3.05, 3.63) is 59.0 Å². The number of benzene rings is 1. The van der Waals surface area contributed by atoms with E-state index in [1.165, 1.54) is 6.26 Å². The van der Waals surface area contributed by atoms with Gasteiger partial charge in [0.15, 0.2) is 0 Å². The summed E-state index contributed by atoms with van der Waals surface area (Å²) in [6, 6.07) is 9.01. The van der Waals surface area contributed by atoms with Crippen LogP contribution in [0.15, 0.2) is 41.0 Å². The van der Waals surface area contributed by atoms with Crippen LogP contribution >= 0.6 is 0 Å². The average Bonchev–Trinajstić information content (AvgIpc) is 2.89. The van der Waals surface area contributed by atoms with Crippen LogP contribution in [0.3, 0.4) is 0 Å². The minimum atomic E-state index is -0.829. The SMILES string of the molecule is Cc1ccc(C(=O)NCC(O)c2ccco2)c(C)c1. The van der Waals surface area contributed by atoms with Crippen LogP contribution in [0.5, 0.6) is 0 Å². The third-order valence-electron chi connectivity index (χ3n) is 2.95. The van der Waals surface area contributed by atoms with E-state index in [2.05, 4.69) is 5.32 Å². The second kappa shape index (κ2) is 5.71. The number of carbonyl (C=O) groups excluding carboxylic acids is 1. The van der Waals surface area contributed by atoms with Gasteiger partial charge in [0.1, 0.15) is 11.9 Å². The highest BCUT2D eigenvalue weighted by Gasteiger charge is 2.14. The zero-order valence-corrected chi connectivity index (χ0v) is 11.0. The van der Waals surface area contributed by atoms with Crippen LogP contribution in [0.25, 0.3) is 0 Å². The van der Waals surface area contributed by atoms with Gasteiger partial charge < -0.3 is 14.8 Å². The van der Waals surface area contributed by atoms with Crippen LogP contribution in [-0.4, -0.2) is 17.6 Å². The number of amides is 1. The van der Waals surface area contributed by atoms with Crippen molar-refractivity contribution in [2.24, 2.45) is 0 Å². The minimum Gasteiger partial charge on any atom is -0.467 e. The normalized spacial score (nSPS) is 12.2. The van der Waals surface area contributed by atoms with Crippen molar-refractivity contribution >= 4 is 5.91 Å². The quantitative estimate of drug-likeness (QED) is 0.886. The molecule has 19 heavy (non-hydrogen) atoms. The van der Waals surface area contributed by atoms with E-state index >= 15 is 0 Å². The second-order valence-corrected chi connectivity index (χ2v) is 4.56. The van der Waals surface area contributed by atoms with E-state index in [9.17, 15) is 9.90 Å². The minimum absolute atomic E-state index is 0.125. The number of rotatable bonds is 4. The fourth-order valence-electron chi connectivity index (χ4n) is 1.93. The van der Waals surface area contributed by atoms with Crippen LogP contribution in [0.1, 0.15) is 33.3 Å². The molecule has 4 heteroatoms. The van der Waals surface area contributed by atoms with Gasteiger partial charge in [0.05, 0.1) is 12.8 Å². The molecule has 100 valence electrons. The smallest absolute Gasteiger partial charge is 0.251 e. The molecule has 4 nitrogen and oxygen atoms in total. The third-order valence-corrected chi connectivity index (χ3v) is 2.95. The van der Waals surface area contributed by atoms with Gasteiger partial charge >= 0.3 is 0 Å². The molecule has 0 aliphatic rings. The molecule has 2 aromatic rings. The number of hydrogen-bond acceptors (Lipinski definition) is 3. The van der Waals surface area contributed by atoms with E-state index in [0.717, 1.165) is 11.1 Å². The molecular weight excluding hydrogens is 242 g/mol. The molecular formula is C15H17NO3. The Kier molecular flexibility index (Phi) is 4.02. The summed E-state index contributed by atoms with van der Waals surface area (Å²) in [6.07, 6.45) is 0.662.